The molecule has 0 aromatic rings. The Hall–Kier alpha value is -0.610. The van der Waals surface area contributed by atoms with Crippen LogP contribution in [0.2, 0.25) is 0 Å². The SMILES string of the molecule is COC(=O)CCNCC1CN(C)C1. The van der Waals surface area contributed by atoms with E-state index in [0.29, 0.717) is 6.42 Å². The van der Waals surface area contributed by atoms with Crippen LogP contribution in [-0.4, -0.2) is 51.2 Å². The van der Waals surface area contributed by atoms with Gasteiger partial charge in [0.05, 0.1) is 13.5 Å². The van der Waals surface area contributed by atoms with Gasteiger partial charge in [0, 0.05) is 26.2 Å². The fourth-order valence-corrected chi connectivity index (χ4v) is 1.56. The molecule has 1 aliphatic rings. The molecule has 0 saturated carbocycles. The largest absolute Gasteiger partial charge is 0.469 e. The molecule has 0 aromatic carbocycles. The standard InChI is InChI=1S/C9H18N2O2/c1-11-6-8(7-11)5-10-4-3-9(12)13-2/h8,10H,3-7H2,1-2H3. The van der Waals surface area contributed by atoms with Crippen LogP contribution in [0, 0.1) is 5.92 Å². The van der Waals surface area contributed by atoms with Crippen molar-refractivity contribution in [3.05, 3.63) is 0 Å². The minimum Gasteiger partial charge on any atom is -0.469 e. The highest BCUT2D eigenvalue weighted by molar-refractivity contribution is 5.69. The van der Waals surface area contributed by atoms with Crippen molar-refractivity contribution in [1.29, 1.82) is 0 Å². The molecule has 0 atom stereocenters. The molecule has 0 aliphatic carbocycles. The number of hydrogen-bond donors (Lipinski definition) is 1. The maximum atomic E-state index is 10.7. The molecular formula is C9H18N2O2. The van der Waals surface area contributed by atoms with Crippen molar-refractivity contribution in [1.82, 2.24) is 10.2 Å². The van der Waals surface area contributed by atoms with Crippen molar-refractivity contribution in [2.75, 3.05) is 40.3 Å². The number of carbonyl (C=O) groups excluding carboxylic acids is 1. The highest BCUT2D eigenvalue weighted by atomic mass is 16.5. The first-order valence-corrected chi connectivity index (χ1v) is 4.68. The number of nitrogens with zero attached hydrogens (tertiary/aromatic N) is 1. The van der Waals surface area contributed by atoms with Gasteiger partial charge in [0.25, 0.3) is 0 Å². The number of esters is 1. The lowest BCUT2D eigenvalue weighted by atomic mass is 10.0. The number of likely N-dealkylation sites (tertiary alicyclic amines) is 1. The lowest BCUT2D eigenvalue weighted by molar-refractivity contribution is -0.140. The summed E-state index contributed by atoms with van der Waals surface area (Å²) in [5.41, 5.74) is 0. The van der Waals surface area contributed by atoms with Crippen LogP contribution in [0.25, 0.3) is 0 Å². The summed E-state index contributed by atoms with van der Waals surface area (Å²) in [6.45, 7) is 4.09. The van der Waals surface area contributed by atoms with Crippen molar-refractivity contribution >= 4 is 5.97 Å². The molecule has 76 valence electrons. The van der Waals surface area contributed by atoms with E-state index in [4.69, 9.17) is 0 Å². The van der Waals surface area contributed by atoms with E-state index >= 15 is 0 Å². The van der Waals surface area contributed by atoms with Crippen molar-refractivity contribution < 1.29 is 9.53 Å². The topological polar surface area (TPSA) is 41.6 Å². The van der Waals surface area contributed by atoms with E-state index in [2.05, 4.69) is 22.0 Å². The highest BCUT2D eigenvalue weighted by Crippen LogP contribution is 2.10. The highest BCUT2D eigenvalue weighted by Gasteiger charge is 2.21. The van der Waals surface area contributed by atoms with Gasteiger partial charge < -0.3 is 15.0 Å². The van der Waals surface area contributed by atoms with Gasteiger partial charge in [-0.2, -0.15) is 0 Å². The van der Waals surface area contributed by atoms with Gasteiger partial charge in [-0.3, -0.25) is 4.79 Å². The predicted molar refractivity (Wildman–Crippen MR) is 50.5 cm³/mol. The average molecular weight is 186 g/mol. The van der Waals surface area contributed by atoms with Crippen molar-refractivity contribution in [3.63, 3.8) is 0 Å². The number of methoxy groups -OCH3 is 1. The lowest BCUT2D eigenvalue weighted by Crippen LogP contribution is -2.48. The first-order chi connectivity index (χ1) is 6.22. The molecular weight excluding hydrogens is 168 g/mol. The Bertz CT molecular complexity index is 167. The zero-order valence-electron chi connectivity index (χ0n) is 8.38. The number of rotatable bonds is 5. The Morgan fingerprint density at radius 3 is 2.85 bits per heavy atom. The van der Waals surface area contributed by atoms with Gasteiger partial charge >= 0.3 is 5.97 Å². The fraction of sp³-hybridized carbons (Fsp3) is 0.889. The van der Waals surface area contributed by atoms with Crippen LogP contribution in [0.1, 0.15) is 6.42 Å². The molecule has 4 nitrogen and oxygen atoms in total. The quantitative estimate of drug-likeness (QED) is 0.473. The molecule has 13 heavy (non-hydrogen) atoms. The van der Waals surface area contributed by atoms with Gasteiger partial charge in [0.1, 0.15) is 0 Å². The van der Waals surface area contributed by atoms with Crippen molar-refractivity contribution in [2.24, 2.45) is 5.92 Å². The van der Waals surface area contributed by atoms with Gasteiger partial charge in [-0.15, -0.1) is 0 Å². The van der Waals surface area contributed by atoms with E-state index in [9.17, 15) is 4.79 Å². The number of hydrogen-bond acceptors (Lipinski definition) is 4. The van der Waals surface area contributed by atoms with Crippen LogP contribution in [0.3, 0.4) is 0 Å². The molecule has 1 rings (SSSR count). The predicted octanol–water partition coefficient (Wildman–Crippen LogP) is -0.299. The Labute approximate surface area is 79.2 Å². The second-order valence-corrected chi connectivity index (χ2v) is 3.62. The van der Waals surface area contributed by atoms with Gasteiger partial charge in [0.15, 0.2) is 0 Å². The summed E-state index contributed by atoms with van der Waals surface area (Å²) in [5.74, 6) is 0.626. The molecule has 1 saturated heterocycles. The van der Waals surface area contributed by atoms with Crippen LogP contribution in [-0.2, 0) is 9.53 Å². The maximum Gasteiger partial charge on any atom is 0.306 e. The molecule has 0 bridgehead atoms. The van der Waals surface area contributed by atoms with Crippen LogP contribution in [0.5, 0.6) is 0 Å². The number of carbonyl (C=O) groups is 1. The normalized spacial score (nSPS) is 18.3. The zero-order valence-corrected chi connectivity index (χ0v) is 8.38. The summed E-state index contributed by atoms with van der Waals surface area (Å²) < 4.78 is 4.53. The fourth-order valence-electron chi connectivity index (χ4n) is 1.56. The third kappa shape index (κ3) is 3.74. The number of ether oxygens (including phenoxy) is 1. The van der Waals surface area contributed by atoms with E-state index < -0.39 is 0 Å². The first kappa shape index (κ1) is 10.5. The van der Waals surface area contributed by atoms with Crippen LogP contribution in [0.15, 0.2) is 0 Å². The van der Waals surface area contributed by atoms with Gasteiger partial charge in [-0.05, 0) is 13.0 Å². The van der Waals surface area contributed by atoms with Crippen molar-refractivity contribution in [2.45, 2.75) is 6.42 Å². The summed E-state index contributed by atoms with van der Waals surface area (Å²) in [6, 6.07) is 0. The Morgan fingerprint density at radius 1 is 1.62 bits per heavy atom. The molecule has 0 spiro atoms. The number of nitrogens with one attached hydrogen (secondary N) is 1. The zero-order chi connectivity index (χ0) is 9.68. The van der Waals surface area contributed by atoms with E-state index in [1.165, 1.54) is 20.2 Å². The van der Waals surface area contributed by atoms with E-state index in [-0.39, 0.29) is 5.97 Å². The van der Waals surface area contributed by atoms with Crippen molar-refractivity contribution in [3.8, 4) is 0 Å². The van der Waals surface area contributed by atoms with Gasteiger partial charge in [-0.25, -0.2) is 0 Å². The Morgan fingerprint density at radius 2 is 2.31 bits per heavy atom. The van der Waals surface area contributed by atoms with E-state index in [1.54, 1.807) is 0 Å². The van der Waals surface area contributed by atoms with Crippen LogP contribution >= 0.6 is 0 Å². The second-order valence-electron chi connectivity index (χ2n) is 3.62. The second kappa shape index (κ2) is 5.19. The molecule has 0 amide bonds. The molecule has 1 heterocycles. The Balaban J connectivity index is 1.87. The lowest BCUT2D eigenvalue weighted by Gasteiger charge is -2.36. The Kier molecular flexibility index (Phi) is 4.18. The van der Waals surface area contributed by atoms with E-state index in [1.807, 2.05) is 0 Å². The van der Waals surface area contributed by atoms with Gasteiger partial charge in [0.2, 0.25) is 0 Å². The molecule has 0 radical (unpaired) electrons. The summed E-state index contributed by atoms with van der Waals surface area (Å²) in [5, 5.41) is 3.25. The van der Waals surface area contributed by atoms with Gasteiger partial charge in [-0.1, -0.05) is 0 Å². The molecule has 0 aromatic heterocycles. The monoisotopic (exact) mass is 186 g/mol. The molecule has 1 aliphatic heterocycles. The minimum atomic E-state index is -0.141. The van der Waals surface area contributed by atoms with Crippen LogP contribution < -0.4 is 5.32 Å². The summed E-state index contributed by atoms with van der Waals surface area (Å²) >= 11 is 0. The molecule has 0 unspecified atom stereocenters. The summed E-state index contributed by atoms with van der Waals surface area (Å²) in [4.78, 5) is 13.0. The average Bonchev–Trinajstić information content (AvgIpc) is 2.08. The molecule has 1 N–H and O–H groups in total. The summed E-state index contributed by atoms with van der Waals surface area (Å²) in [7, 11) is 3.54. The first-order valence-electron chi connectivity index (χ1n) is 4.68. The maximum absolute atomic E-state index is 10.7. The van der Waals surface area contributed by atoms with Crippen LogP contribution in [0.4, 0.5) is 0 Å². The molecule has 4 heteroatoms. The third-order valence-corrected chi connectivity index (χ3v) is 2.31. The summed E-state index contributed by atoms with van der Waals surface area (Å²) in [6.07, 6.45) is 0.471. The smallest absolute Gasteiger partial charge is 0.306 e. The van der Waals surface area contributed by atoms with E-state index in [0.717, 1.165) is 19.0 Å². The third-order valence-electron chi connectivity index (χ3n) is 2.31. The molecule has 1 fully saturated rings. The minimum absolute atomic E-state index is 0.141.